The number of carbonyl (C=O) groups is 1. The lowest BCUT2D eigenvalue weighted by Gasteiger charge is -2.29. The summed E-state index contributed by atoms with van der Waals surface area (Å²) in [7, 11) is 0. The molecule has 1 aromatic carbocycles. The molecule has 1 aromatic heterocycles. The van der Waals surface area contributed by atoms with Crippen LogP contribution in [0.25, 0.3) is 0 Å². The van der Waals surface area contributed by atoms with Crippen LogP contribution in [0.3, 0.4) is 0 Å². The van der Waals surface area contributed by atoms with Crippen molar-refractivity contribution >= 4 is 5.91 Å². The molecule has 3 heterocycles. The fourth-order valence-electron chi connectivity index (χ4n) is 3.97. The average Bonchev–Trinajstić information content (AvgIpc) is 2.75. The van der Waals surface area contributed by atoms with Gasteiger partial charge < -0.3 is 15.0 Å². The molecule has 2 aliphatic heterocycles. The smallest absolute Gasteiger partial charge is 0.227 e. The highest BCUT2D eigenvalue weighted by Gasteiger charge is 2.24. The topological polar surface area (TPSA) is 67.3 Å². The van der Waals surface area contributed by atoms with E-state index in [1.54, 1.807) is 0 Å². The van der Waals surface area contributed by atoms with Crippen LogP contribution in [0, 0.1) is 0 Å². The number of fused-ring (bicyclic) bond motifs is 1. The summed E-state index contributed by atoms with van der Waals surface area (Å²) in [5, 5.41) is 3.43. The Hall–Kier alpha value is -2.47. The van der Waals surface area contributed by atoms with Crippen molar-refractivity contribution in [2.45, 2.75) is 45.1 Å². The molecule has 28 heavy (non-hydrogen) atoms. The van der Waals surface area contributed by atoms with Crippen molar-refractivity contribution < 1.29 is 9.53 Å². The van der Waals surface area contributed by atoms with Gasteiger partial charge in [0.1, 0.15) is 11.6 Å². The molecule has 1 saturated heterocycles. The first kappa shape index (κ1) is 18.9. The molecule has 148 valence electrons. The number of ether oxygens (including phenoxy) is 1. The molecule has 0 bridgehead atoms. The highest BCUT2D eigenvalue weighted by Crippen LogP contribution is 2.23. The minimum absolute atomic E-state index is 0.148. The molecule has 1 unspecified atom stereocenters. The van der Waals surface area contributed by atoms with Crippen LogP contribution in [-0.4, -0.2) is 47.0 Å². The summed E-state index contributed by atoms with van der Waals surface area (Å²) in [6.07, 6.45) is 5.48. The number of nitrogens with one attached hydrogen (secondary N) is 1. The Morgan fingerprint density at radius 2 is 2.18 bits per heavy atom. The first-order valence-electron chi connectivity index (χ1n) is 10.3. The van der Waals surface area contributed by atoms with E-state index in [0.717, 1.165) is 60.9 Å². The van der Waals surface area contributed by atoms with Crippen LogP contribution in [0.1, 0.15) is 48.3 Å². The fraction of sp³-hybridized carbons (Fsp3) is 0.500. The Morgan fingerprint density at radius 3 is 2.93 bits per heavy atom. The van der Waals surface area contributed by atoms with Gasteiger partial charge in [0, 0.05) is 43.7 Å². The quantitative estimate of drug-likeness (QED) is 0.863. The molecule has 2 aromatic rings. The highest BCUT2D eigenvalue weighted by atomic mass is 16.5. The molecular formula is C22H28N4O2. The molecule has 6 nitrogen and oxygen atoms in total. The van der Waals surface area contributed by atoms with Gasteiger partial charge in [-0.05, 0) is 44.0 Å². The van der Waals surface area contributed by atoms with Crippen molar-refractivity contribution in [3.05, 3.63) is 53.1 Å². The minimum atomic E-state index is 0.148. The molecule has 1 fully saturated rings. The molecular weight excluding hydrogens is 352 g/mol. The number of rotatable bonds is 5. The van der Waals surface area contributed by atoms with E-state index in [9.17, 15) is 4.79 Å². The maximum Gasteiger partial charge on any atom is 0.227 e. The lowest BCUT2D eigenvalue weighted by molar-refractivity contribution is -0.131. The predicted molar refractivity (Wildman–Crippen MR) is 107 cm³/mol. The SMILES string of the molecule is CCOc1ccc(CC(=O)N2CCc3nc(C4CCCNC4)ncc3C2)cc1. The second-order valence-electron chi connectivity index (χ2n) is 7.56. The van der Waals surface area contributed by atoms with Gasteiger partial charge in [-0.1, -0.05) is 12.1 Å². The second-order valence-corrected chi connectivity index (χ2v) is 7.56. The molecule has 1 atom stereocenters. The maximum absolute atomic E-state index is 12.7. The summed E-state index contributed by atoms with van der Waals surface area (Å²) >= 11 is 0. The van der Waals surface area contributed by atoms with E-state index >= 15 is 0 Å². The van der Waals surface area contributed by atoms with E-state index in [4.69, 9.17) is 9.72 Å². The summed E-state index contributed by atoms with van der Waals surface area (Å²) in [6.45, 7) is 5.99. The van der Waals surface area contributed by atoms with Crippen LogP contribution in [0.4, 0.5) is 0 Å². The molecule has 1 N–H and O–H groups in total. The number of benzene rings is 1. The zero-order valence-corrected chi connectivity index (χ0v) is 16.5. The maximum atomic E-state index is 12.7. The van der Waals surface area contributed by atoms with Crippen LogP contribution >= 0.6 is 0 Å². The molecule has 1 amide bonds. The van der Waals surface area contributed by atoms with Crippen molar-refractivity contribution in [1.82, 2.24) is 20.2 Å². The van der Waals surface area contributed by atoms with Gasteiger partial charge in [-0.25, -0.2) is 9.97 Å². The lowest BCUT2D eigenvalue weighted by atomic mass is 9.98. The van der Waals surface area contributed by atoms with E-state index < -0.39 is 0 Å². The van der Waals surface area contributed by atoms with E-state index in [2.05, 4.69) is 10.3 Å². The van der Waals surface area contributed by atoms with Crippen molar-refractivity contribution in [3.63, 3.8) is 0 Å². The first-order valence-corrected chi connectivity index (χ1v) is 10.3. The predicted octanol–water partition coefficient (Wildman–Crippen LogP) is 2.47. The fourth-order valence-corrected chi connectivity index (χ4v) is 3.97. The third-order valence-electron chi connectivity index (χ3n) is 5.56. The Kier molecular flexibility index (Phi) is 5.86. The van der Waals surface area contributed by atoms with E-state index in [0.29, 0.717) is 25.5 Å². The van der Waals surface area contributed by atoms with Crippen molar-refractivity contribution in [1.29, 1.82) is 0 Å². The summed E-state index contributed by atoms with van der Waals surface area (Å²) in [6, 6.07) is 7.78. The molecule has 0 spiro atoms. The number of nitrogens with zero attached hydrogens (tertiary/aromatic N) is 3. The zero-order valence-electron chi connectivity index (χ0n) is 16.5. The number of carbonyl (C=O) groups excluding carboxylic acids is 1. The van der Waals surface area contributed by atoms with Crippen molar-refractivity contribution in [2.75, 3.05) is 26.2 Å². The lowest BCUT2D eigenvalue weighted by Crippen LogP contribution is -2.38. The van der Waals surface area contributed by atoms with Crippen LogP contribution < -0.4 is 10.1 Å². The monoisotopic (exact) mass is 380 g/mol. The van der Waals surface area contributed by atoms with Crippen LogP contribution in [-0.2, 0) is 24.2 Å². The molecule has 6 heteroatoms. The number of aromatic nitrogens is 2. The Bertz CT molecular complexity index is 816. The third-order valence-corrected chi connectivity index (χ3v) is 5.56. The van der Waals surface area contributed by atoms with Gasteiger partial charge in [-0.3, -0.25) is 4.79 Å². The van der Waals surface area contributed by atoms with Crippen molar-refractivity contribution in [2.24, 2.45) is 0 Å². The van der Waals surface area contributed by atoms with Gasteiger partial charge in [0.15, 0.2) is 0 Å². The molecule has 0 aliphatic carbocycles. The molecule has 2 aliphatic rings. The highest BCUT2D eigenvalue weighted by molar-refractivity contribution is 5.79. The third kappa shape index (κ3) is 4.33. The van der Waals surface area contributed by atoms with E-state index in [1.807, 2.05) is 42.3 Å². The van der Waals surface area contributed by atoms with Gasteiger partial charge in [-0.2, -0.15) is 0 Å². The molecule has 0 saturated carbocycles. The standard InChI is InChI=1S/C22H28N4O2/c1-2-28-19-7-5-16(6-8-19)12-21(27)26-11-9-20-18(15-26)14-24-22(25-20)17-4-3-10-23-13-17/h5-8,14,17,23H,2-4,9-13,15H2,1H3. The number of amides is 1. The van der Waals surface area contributed by atoms with Crippen molar-refractivity contribution in [3.8, 4) is 5.75 Å². The Labute approximate surface area is 166 Å². The van der Waals surface area contributed by atoms with Gasteiger partial charge >= 0.3 is 0 Å². The normalized spacial score (nSPS) is 19.2. The Morgan fingerprint density at radius 1 is 1.32 bits per heavy atom. The number of hydrogen-bond acceptors (Lipinski definition) is 5. The van der Waals surface area contributed by atoms with E-state index in [1.165, 1.54) is 6.42 Å². The second kappa shape index (κ2) is 8.69. The van der Waals surface area contributed by atoms with Crippen LogP contribution in [0.5, 0.6) is 5.75 Å². The van der Waals surface area contributed by atoms with Gasteiger partial charge in [-0.15, -0.1) is 0 Å². The first-order chi connectivity index (χ1) is 13.7. The van der Waals surface area contributed by atoms with Gasteiger partial charge in [0.2, 0.25) is 5.91 Å². The van der Waals surface area contributed by atoms with Gasteiger partial charge in [0.25, 0.3) is 0 Å². The molecule has 0 radical (unpaired) electrons. The minimum Gasteiger partial charge on any atom is -0.494 e. The summed E-state index contributed by atoms with van der Waals surface area (Å²) in [5.41, 5.74) is 3.20. The summed E-state index contributed by atoms with van der Waals surface area (Å²) < 4.78 is 5.46. The Balaban J connectivity index is 1.38. The summed E-state index contributed by atoms with van der Waals surface area (Å²) in [4.78, 5) is 24.1. The largest absolute Gasteiger partial charge is 0.494 e. The van der Waals surface area contributed by atoms with Gasteiger partial charge in [0.05, 0.1) is 18.7 Å². The van der Waals surface area contributed by atoms with E-state index in [-0.39, 0.29) is 5.91 Å². The molecule has 4 rings (SSSR count). The zero-order chi connectivity index (χ0) is 19.3. The average molecular weight is 380 g/mol. The number of piperidine rings is 1. The number of hydrogen-bond donors (Lipinski definition) is 1. The summed E-state index contributed by atoms with van der Waals surface area (Å²) in [5.74, 6) is 2.36. The van der Waals surface area contributed by atoms with Crippen LogP contribution in [0.2, 0.25) is 0 Å². The van der Waals surface area contributed by atoms with Crippen LogP contribution in [0.15, 0.2) is 30.5 Å².